The van der Waals surface area contributed by atoms with E-state index in [9.17, 15) is 4.79 Å². The van der Waals surface area contributed by atoms with Gasteiger partial charge < -0.3 is 19.3 Å². The number of hydrogen-bond donors (Lipinski definition) is 0. The Morgan fingerprint density at radius 1 is 0.963 bits per heavy atom. The van der Waals surface area contributed by atoms with Crippen LogP contribution in [0.2, 0.25) is 0 Å². The lowest BCUT2D eigenvalue weighted by molar-refractivity contribution is -0.126. The van der Waals surface area contributed by atoms with Crippen LogP contribution in [0.25, 0.3) is 6.08 Å². The van der Waals surface area contributed by atoms with Crippen molar-refractivity contribution >= 4 is 17.7 Å². The highest BCUT2D eigenvalue weighted by Crippen LogP contribution is 2.30. The maximum Gasteiger partial charge on any atom is 0.246 e. The number of hydrogen-bond acceptors (Lipinski definition) is 5. The van der Waals surface area contributed by atoms with Crippen molar-refractivity contribution in [3.05, 3.63) is 54.4 Å². The molecule has 1 aromatic heterocycles. The third kappa shape index (κ3) is 4.22. The molecule has 2 aliphatic rings. The highest BCUT2D eigenvalue weighted by molar-refractivity contribution is 5.92. The van der Waals surface area contributed by atoms with Gasteiger partial charge in [0.1, 0.15) is 0 Å². The fourth-order valence-electron chi connectivity index (χ4n) is 3.30. The predicted molar refractivity (Wildman–Crippen MR) is 104 cm³/mol. The zero-order chi connectivity index (χ0) is 18.5. The van der Waals surface area contributed by atoms with E-state index in [0.717, 1.165) is 42.3 Å². The number of ether oxygens (including phenoxy) is 2. The third-order valence-electron chi connectivity index (χ3n) is 4.81. The third-order valence-corrected chi connectivity index (χ3v) is 4.81. The lowest BCUT2D eigenvalue weighted by Crippen LogP contribution is -2.48. The normalized spacial score (nSPS) is 17.0. The standard InChI is InChI=1S/C21H23N3O3/c25-21(24-12-10-23(11-13-24)18-6-8-22-9-7-18)5-3-17-2-4-19-20(16-17)27-15-1-14-26-19/h2-9,16H,1,10-15H2/b5-3+. The second-order valence-corrected chi connectivity index (χ2v) is 6.61. The van der Waals surface area contributed by atoms with E-state index in [1.54, 1.807) is 18.5 Å². The molecule has 0 saturated carbocycles. The van der Waals surface area contributed by atoms with Gasteiger partial charge in [0.15, 0.2) is 11.5 Å². The molecule has 1 amide bonds. The van der Waals surface area contributed by atoms with Crippen LogP contribution in [-0.4, -0.2) is 55.2 Å². The first-order chi connectivity index (χ1) is 13.3. The van der Waals surface area contributed by atoms with Gasteiger partial charge in [-0.1, -0.05) is 6.07 Å². The van der Waals surface area contributed by atoms with Crippen molar-refractivity contribution in [2.75, 3.05) is 44.3 Å². The maximum absolute atomic E-state index is 12.5. The molecule has 0 N–H and O–H groups in total. The smallest absolute Gasteiger partial charge is 0.246 e. The minimum Gasteiger partial charge on any atom is -0.490 e. The van der Waals surface area contributed by atoms with Crippen molar-refractivity contribution in [2.24, 2.45) is 0 Å². The Hall–Kier alpha value is -3.02. The topological polar surface area (TPSA) is 54.9 Å². The van der Waals surface area contributed by atoms with Gasteiger partial charge in [-0.2, -0.15) is 0 Å². The average Bonchev–Trinajstić information content (AvgIpc) is 2.98. The van der Waals surface area contributed by atoms with Crippen molar-refractivity contribution in [1.82, 2.24) is 9.88 Å². The number of amides is 1. The van der Waals surface area contributed by atoms with Crippen LogP contribution in [0.4, 0.5) is 5.69 Å². The summed E-state index contributed by atoms with van der Waals surface area (Å²) in [5, 5.41) is 0. The molecule has 0 bridgehead atoms. The van der Waals surface area contributed by atoms with Gasteiger partial charge in [-0.25, -0.2) is 0 Å². The Kier molecular flexibility index (Phi) is 5.23. The van der Waals surface area contributed by atoms with Crippen LogP contribution in [0.15, 0.2) is 48.8 Å². The molecule has 0 spiro atoms. The monoisotopic (exact) mass is 365 g/mol. The summed E-state index contributed by atoms with van der Waals surface area (Å²) in [7, 11) is 0. The summed E-state index contributed by atoms with van der Waals surface area (Å²) < 4.78 is 11.3. The van der Waals surface area contributed by atoms with Crippen LogP contribution < -0.4 is 14.4 Å². The molecule has 4 rings (SSSR count). The minimum absolute atomic E-state index is 0.0384. The molecule has 1 saturated heterocycles. The first-order valence-corrected chi connectivity index (χ1v) is 9.31. The number of rotatable bonds is 3. The quantitative estimate of drug-likeness (QED) is 0.783. The fraction of sp³-hybridized carbons (Fsp3) is 0.333. The molecule has 27 heavy (non-hydrogen) atoms. The van der Waals surface area contributed by atoms with Crippen molar-refractivity contribution < 1.29 is 14.3 Å². The number of fused-ring (bicyclic) bond motifs is 1. The zero-order valence-electron chi connectivity index (χ0n) is 15.2. The summed E-state index contributed by atoms with van der Waals surface area (Å²) in [6.07, 6.45) is 7.95. The van der Waals surface area contributed by atoms with E-state index in [2.05, 4.69) is 9.88 Å². The lowest BCUT2D eigenvalue weighted by atomic mass is 10.2. The lowest BCUT2D eigenvalue weighted by Gasteiger charge is -2.35. The molecule has 0 radical (unpaired) electrons. The Morgan fingerprint density at radius 3 is 2.48 bits per heavy atom. The van der Waals surface area contributed by atoms with E-state index in [1.807, 2.05) is 41.3 Å². The number of pyridine rings is 1. The van der Waals surface area contributed by atoms with Gasteiger partial charge in [0.2, 0.25) is 5.91 Å². The fourth-order valence-corrected chi connectivity index (χ4v) is 3.30. The van der Waals surface area contributed by atoms with E-state index in [4.69, 9.17) is 9.47 Å². The SMILES string of the molecule is O=C(/C=C/c1ccc2c(c1)OCCCO2)N1CCN(c2ccncc2)CC1. The van der Waals surface area contributed by atoms with Crippen molar-refractivity contribution in [3.8, 4) is 11.5 Å². The van der Waals surface area contributed by atoms with Crippen LogP contribution >= 0.6 is 0 Å². The van der Waals surface area contributed by atoms with E-state index < -0.39 is 0 Å². The van der Waals surface area contributed by atoms with Crippen molar-refractivity contribution in [1.29, 1.82) is 0 Å². The Labute approximate surface area is 159 Å². The Morgan fingerprint density at radius 2 is 1.70 bits per heavy atom. The minimum atomic E-state index is 0.0384. The van der Waals surface area contributed by atoms with E-state index >= 15 is 0 Å². The Balaban J connectivity index is 1.35. The van der Waals surface area contributed by atoms with Crippen LogP contribution in [-0.2, 0) is 4.79 Å². The van der Waals surface area contributed by atoms with Crippen LogP contribution in [0, 0.1) is 0 Å². The summed E-state index contributed by atoms with van der Waals surface area (Å²) in [5.74, 6) is 1.55. The molecule has 0 unspecified atom stereocenters. The zero-order valence-corrected chi connectivity index (χ0v) is 15.2. The van der Waals surface area contributed by atoms with Crippen LogP contribution in [0.1, 0.15) is 12.0 Å². The van der Waals surface area contributed by atoms with Crippen molar-refractivity contribution in [2.45, 2.75) is 6.42 Å². The average molecular weight is 365 g/mol. The van der Waals surface area contributed by atoms with E-state index in [0.29, 0.717) is 26.3 Å². The second-order valence-electron chi connectivity index (χ2n) is 6.61. The van der Waals surface area contributed by atoms with Gasteiger partial charge in [0.25, 0.3) is 0 Å². The van der Waals surface area contributed by atoms with E-state index in [-0.39, 0.29) is 5.91 Å². The Bertz CT molecular complexity index is 815. The molecule has 2 aromatic rings. The number of carbonyl (C=O) groups is 1. The molecule has 1 fully saturated rings. The largest absolute Gasteiger partial charge is 0.490 e. The molecular weight excluding hydrogens is 342 g/mol. The summed E-state index contributed by atoms with van der Waals surface area (Å²) >= 11 is 0. The molecule has 0 atom stereocenters. The first kappa shape index (κ1) is 17.4. The van der Waals surface area contributed by atoms with Crippen LogP contribution in [0.3, 0.4) is 0 Å². The number of carbonyl (C=O) groups excluding carboxylic acids is 1. The van der Waals surface area contributed by atoms with E-state index in [1.165, 1.54) is 0 Å². The molecule has 140 valence electrons. The van der Waals surface area contributed by atoms with Crippen molar-refractivity contribution in [3.63, 3.8) is 0 Å². The summed E-state index contributed by atoms with van der Waals surface area (Å²) in [6, 6.07) is 9.77. The van der Waals surface area contributed by atoms with Gasteiger partial charge in [-0.15, -0.1) is 0 Å². The van der Waals surface area contributed by atoms with Gasteiger partial charge in [-0.3, -0.25) is 9.78 Å². The number of benzene rings is 1. The first-order valence-electron chi connectivity index (χ1n) is 9.31. The summed E-state index contributed by atoms with van der Waals surface area (Å²) in [6.45, 7) is 4.41. The number of piperazine rings is 1. The van der Waals surface area contributed by atoms with Crippen LogP contribution in [0.5, 0.6) is 11.5 Å². The van der Waals surface area contributed by atoms with Gasteiger partial charge in [-0.05, 0) is 35.9 Å². The molecular formula is C21H23N3O3. The molecule has 2 aliphatic heterocycles. The van der Waals surface area contributed by atoms with Gasteiger partial charge >= 0.3 is 0 Å². The second kappa shape index (κ2) is 8.12. The molecule has 0 aliphatic carbocycles. The van der Waals surface area contributed by atoms with Gasteiger partial charge in [0, 0.05) is 56.8 Å². The molecule has 1 aromatic carbocycles. The predicted octanol–water partition coefficient (Wildman–Crippen LogP) is 2.60. The van der Waals surface area contributed by atoms with Gasteiger partial charge in [0.05, 0.1) is 13.2 Å². The number of nitrogens with zero attached hydrogens (tertiary/aromatic N) is 3. The number of anilines is 1. The number of aromatic nitrogens is 1. The summed E-state index contributed by atoms with van der Waals surface area (Å²) in [5.41, 5.74) is 2.09. The summed E-state index contributed by atoms with van der Waals surface area (Å²) in [4.78, 5) is 20.7. The maximum atomic E-state index is 12.5. The highest BCUT2D eigenvalue weighted by atomic mass is 16.5. The molecule has 3 heterocycles. The molecule has 6 heteroatoms. The highest BCUT2D eigenvalue weighted by Gasteiger charge is 2.19. The molecule has 6 nitrogen and oxygen atoms in total.